The molecule has 0 bridgehead atoms. The molecule has 2 rings (SSSR count). The van der Waals surface area contributed by atoms with Crippen molar-refractivity contribution < 1.29 is 9.90 Å². The largest absolute Gasteiger partial charge is 0.477 e. The normalized spacial score (nSPS) is 9.68. The molecular weight excluding hydrogens is 394 g/mol. The van der Waals surface area contributed by atoms with E-state index in [-0.39, 0.29) is 0 Å². The zero-order chi connectivity index (χ0) is 14.6. The highest BCUT2D eigenvalue weighted by molar-refractivity contribution is 9.13. The van der Waals surface area contributed by atoms with Crippen LogP contribution in [0, 0.1) is 13.8 Å². The number of thiophene rings is 1. The molecular formula is C13H13Br2NO2S. The monoisotopic (exact) mass is 405 g/mol. The molecule has 0 aliphatic rings. The number of carboxylic acid groups (broad SMARTS) is 1. The van der Waals surface area contributed by atoms with Crippen LogP contribution in [0.3, 0.4) is 0 Å². The Morgan fingerprint density at radius 2 is 1.84 bits per heavy atom. The van der Waals surface area contributed by atoms with Crippen molar-refractivity contribution in [3.63, 3.8) is 0 Å². The van der Waals surface area contributed by atoms with Crippen LogP contribution in [-0.2, 0) is 0 Å². The van der Waals surface area contributed by atoms with Gasteiger partial charge in [0, 0.05) is 10.2 Å². The fourth-order valence-corrected chi connectivity index (χ4v) is 3.09. The van der Waals surface area contributed by atoms with Gasteiger partial charge in [-0.15, -0.1) is 11.3 Å². The molecule has 0 saturated heterocycles. The number of anilines is 1. The molecule has 0 amide bonds. The number of hydrogen-bond acceptors (Lipinski definition) is 3. The van der Waals surface area contributed by atoms with Gasteiger partial charge < -0.3 is 10.8 Å². The zero-order valence-electron chi connectivity index (χ0n) is 10.4. The first-order valence-corrected chi connectivity index (χ1v) is 7.72. The molecule has 0 fully saturated rings. The number of hydrogen-bond donors (Lipinski definition) is 2. The van der Waals surface area contributed by atoms with E-state index in [0.717, 1.165) is 13.9 Å². The summed E-state index contributed by atoms with van der Waals surface area (Å²) in [5, 5.41) is 8.49. The lowest BCUT2D eigenvalue weighted by atomic mass is 10.1. The molecule has 0 spiro atoms. The zero-order valence-corrected chi connectivity index (χ0v) is 14.4. The average Bonchev–Trinajstić information content (AvgIpc) is 2.66. The van der Waals surface area contributed by atoms with Crippen LogP contribution in [-0.4, -0.2) is 11.1 Å². The highest BCUT2D eigenvalue weighted by atomic mass is 79.9. The van der Waals surface area contributed by atoms with Gasteiger partial charge in [-0.2, -0.15) is 0 Å². The number of halogens is 2. The number of nitrogen functional groups attached to an aromatic ring is 1. The lowest BCUT2D eigenvalue weighted by Crippen LogP contribution is -1.89. The van der Waals surface area contributed by atoms with E-state index in [9.17, 15) is 4.79 Å². The third-order valence-electron chi connectivity index (χ3n) is 2.39. The van der Waals surface area contributed by atoms with Gasteiger partial charge in [-0.05, 0) is 75.0 Å². The fraction of sp³-hybridized carbons (Fsp3) is 0.154. The number of carbonyl (C=O) groups is 1. The minimum absolute atomic E-state index is 0.332. The van der Waals surface area contributed by atoms with Gasteiger partial charge in [0.05, 0.1) is 3.79 Å². The topological polar surface area (TPSA) is 63.3 Å². The van der Waals surface area contributed by atoms with E-state index in [1.54, 1.807) is 6.07 Å². The summed E-state index contributed by atoms with van der Waals surface area (Å²) in [6.07, 6.45) is 0. The Bertz CT molecular complexity index is 577. The molecule has 6 heteroatoms. The van der Waals surface area contributed by atoms with Crippen LogP contribution in [0.25, 0.3) is 0 Å². The van der Waals surface area contributed by atoms with Crippen LogP contribution in [0.5, 0.6) is 0 Å². The van der Waals surface area contributed by atoms with Gasteiger partial charge in [0.1, 0.15) is 4.88 Å². The van der Waals surface area contributed by atoms with Gasteiger partial charge in [0.25, 0.3) is 0 Å². The summed E-state index contributed by atoms with van der Waals surface area (Å²) in [6, 6.07) is 7.50. The minimum Gasteiger partial charge on any atom is -0.477 e. The Morgan fingerprint density at radius 3 is 2.16 bits per heavy atom. The third kappa shape index (κ3) is 4.97. The Kier molecular flexibility index (Phi) is 6.03. The van der Waals surface area contributed by atoms with Crippen molar-refractivity contribution in [3.8, 4) is 0 Å². The van der Waals surface area contributed by atoms with Crippen molar-refractivity contribution >= 4 is 54.9 Å². The number of nitrogens with two attached hydrogens (primary N) is 1. The van der Waals surface area contributed by atoms with Crippen LogP contribution in [0.4, 0.5) is 5.69 Å². The Labute approximate surface area is 132 Å². The molecule has 3 nitrogen and oxygen atoms in total. The second-order valence-corrected chi connectivity index (χ2v) is 7.11. The van der Waals surface area contributed by atoms with Gasteiger partial charge in [0.2, 0.25) is 0 Å². The second-order valence-electron chi connectivity index (χ2n) is 3.88. The first-order chi connectivity index (χ1) is 8.81. The van der Waals surface area contributed by atoms with Crippen molar-refractivity contribution in [3.05, 3.63) is 48.5 Å². The van der Waals surface area contributed by atoms with E-state index < -0.39 is 5.97 Å². The number of aromatic carboxylic acids is 1. The molecule has 19 heavy (non-hydrogen) atoms. The molecule has 0 radical (unpaired) electrons. The van der Waals surface area contributed by atoms with Crippen LogP contribution < -0.4 is 5.73 Å². The lowest BCUT2D eigenvalue weighted by Gasteiger charge is -1.98. The van der Waals surface area contributed by atoms with Crippen LogP contribution in [0.2, 0.25) is 0 Å². The maximum absolute atomic E-state index is 10.3. The van der Waals surface area contributed by atoms with Gasteiger partial charge in [-0.1, -0.05) is 6.07 Å². The Balaban J connectivity index is 0.000000191. The summed E-state index contributed by atoms with van der Waals surface area (Å²) in [7, 11) is 0. The first kappa shape index (κ1) is 16.2. The van der Waals surface area contributed by atoms with Crippen molar-refractivity contribution in [1.29, 1.82) is 0 Å². The van der Waals surface area contributed by atoms with E-state index >= 15 is 0 Å². The van der Waals surface area contributed by atoms with Gasteiger partial charge in [-0.25, -0.2) is 4.79 Å². The molecule has 0 aliphatic heterocycles. The van der Waals surface area contributed by atoms with Crippen LogP contribution >= 0.6 is 43.2 Å². The van der Waals surface area contributed by atoms with Crippen molar-refractivity contribution in [2.24, 2.45) is 0 Å². The maximum Gasteiger partial charge on any atom is 0.345 e. The molecule has 1 heterocycles. The standard InChI is InChI=1S/C8H11N.C5H2Br2O2S/c1-6-3-4-8(9)5-7(6)2;6-2-1-3(5(8)9)10-4(2)7/h3-5H,9H2,1-2H3;1H,(H,8,9). The summed E-state index contributed by atoms with van der Waals surface area (Å²) in [5.41, 5.74) is 8.93. The predicted molar refractivity (Wildman–Crippen MR) is 87.0 cm³/mol. The van der Waals surface area contributed by atoms with E-state index in [1.807, 2.05) is 18.2 Å². The molecule has 0 saturated carbocycles. The summed E-state index contributed by atoms with van der Waals surface area (Å²) in [5.74, 6) is -0.892. The lowest BCUT2D eigenvalue weighted by molar-refractivity contribution is 0.0702. The maximum atomic E-state index is 10.3. The summed E-state index contributed by atoms with van der Waals surface area (Å²) < 4.78 is 1.60. The second kappa shape index (κ2) is 7.07. The highest BCUT2D eigenvalue weighted by Gasteiger charge is 2.09. The number of carboxylic acids is 1. The Morgan fingerprint density at radius 1 is 1.21 bits per heavy atom. The number of benzene rings is 1. The van der Waals surface area contributed by atoms with Gasteiger partial charge >= 0.3 is 5.97 Å². The van der Waals surface area contributed by atoms with Crippen molar-refractivity contribution in [2.45, 2.75) is 13.8 Å². The average molecular weight is 407 g/mol. The summed E-state index contributed by atoms with van der Waals surface area (Å²) >= 11 is 7.57. The molecule has 1 aromatic heterocycles. The summed E-state index contributed by atoms with van der Waals surface area (Å²) in [6.45, 7) is 4.14. The van der Waals surface area contributed by atoms with Gasteiger partial charge in [-0.3, -0.25) is 0 Å². The highest BCUT2D eigenvalue weighted by Crippen LogP contribution is 2.32. The van der Waals surface area contributed by atoms with E-state index in [0.29, 0.717) is 4.88 Å². The van der Waals surface area contributed by atoms with E-state index in [1.165, 1.54) is 22.5 Å². The quantitative estimate of drug-likeness (QED) is 0.664. The molecule has 0 atom stereocenters. The summed E-state index contributed by atoms with van der Waals surface area (Å²) in [4.78, 5) is 10.7. The number of aryl methyl sites for hydroxylation is 2. The number of rotatable bonds is 1. The smallest absolute Gasteiger partial charge is 0.345 e. The molecule has 0 aliphatic carbocycles. The van der Waals surface area contributed by atoms with Crippen LogP contribution in [0.1, 0.15) is 20.8 Å². The minimum atomic E-state index is -0.892. The van der Waals surface area contributed by atoms with Gasteiger partial charge in [0.15, 0.2) is 0 Å². The molecule has 102 valence electrons. The van der Waals surface area contributed by atoms with Crippen LogP contribution in [0.15, 0.2) is 32.5 Å². The molecule has 2 aromatic rings. The van der Waals surface area contributed by atoms with E-state index in [4.69, 9.17) is 10.8 Å². The van der Waals surface area contributed by atoms with Crippen molar-refractivity contribution in [2.75, 3.05) is 5.73 Å². The molecule has 1 aromatic carbocycles. The fourth-order valence-electron chi connectivity index (χ4n) is 1.22. The molecule has 3 N–H and O–H groups in total. The predicted octanol–water partition coefficient (Wildman–Crippen LogP) is 4.86. The molecule has 0 unspecified atom stereocenters. The third-order valence-corrected chi connectivity index (χ3v) is 5.63. The van der Waals surface area contributed by atoms with Crippen molar-refractivity contribution in [1.82, 2.24) is 0 Å². The SMILES string of the molecule is Cc1ccc(N)cc1C.O=C(O)c1cc(Br)c(Br)s1. The Hall–Kier alpha value is -0.850. The first-order valence-electron chi connectivity index (χ1n) is 5.32. The van der Waals surface area contributed by atoms with E-state index in [2.05, 4.69) is 45.7 Å².